The van der Waals surface area contributed by atoms with Crippen molar-refractivity contribution in [2.24, 2.45) is 0 Å². The van der Waals surface area contributed by atoms with Crippen LogP contribution in [0, 0.1) is 0 Å². The van der Waals surface area contributed by atoms with Crippen molar-refractivity contribution >= 4 is 17.5 Å². The second-order valence-corrected chi connectivity index (χ2v) is 3.68. The summed E-state index contributed by atoms with van der Waals surface area (Å²) in [5.74, 6) is -1.12. The molecule has 0 atom stereocenters. The van der Waals surface area contributed by atoms with Gasteiger partial charge in [0.05, 0.1) is 0 Å². The third-order valence-electron chi connectivity index (χ3n) is 1.40. The van der Waals surface area contributed by atoms with E-state index in [1.165, 1.54) is 0 Å². The number of hydrogen-bond acceptors (Lipinski definition) is 2. The maximum Gasteiger partial charge on any atom is 0.355 e. The number of thioether (sulfide) groups is 1. The molecule has 13 heavy (non-hydrogen) atoms. The molecule has 1 nitrogen and oxygen atoms in total. The average Bonchev–Trinajstić information content (AvgIpc) is 2.05. The molecular weight excluding hydrogens is 194 g/mol. The van der Waals surface area contributed by atoms with Crippen LogP contribution in [0.1, 0.15) is 6.92 Å². The topological polar surface area (TPSA) is 17.1 Å². The number of rotatable bonds is 3. The van der Waals surface area contributed by atoms with Gasteiger partial charge in [-0.2, -0.15) is 8.78 Å². The van der Waals surface area contributed by atoms with E-state index in [2.05, 4.69) is 0 Å². The number of Topliss-reactive ketones (excluding diaryl/α,β-unsaturated/α-hetero) is 1. The summed E-state index contributed by atoms with van der Waals surface area (Å²) in [6.45, 7) is 0.885. The van der Waals surface area contributed by atoms with Crippen LogP contribution in [0.15, 0.2) is 35.2 Å². The van der Waals surface area contributed by atoms with Crippen LogP contribution in [0.4, 0.5) is 8.78 Å². The highest BCUT2D eigenvalue weighted by Gasteiger charge is 2.36. The van der Waals surface area contributed by atoms with Crippen LogP contribution < -0.4 is 0 Å². The quantitative estimate of drug-likeness (QED) is 0.701. The number of benzene rings is 1. The molecule has 0 amide bonds. The summed E-state index contributed by atoms with van der Waals surface area (Å²) >= 11 is 0.271. The predicted molar refractivity (Wildman–Crippen MR) is 47.9 cm³/mol. The van der Waals surface area contributed by atoms with Crippen molar-refractivity contribution in [1.29, 1.82) is 0 Å². The molecule has 0 bridgehead atoms. The van der Waals surface area contributed by atoms with Gasteiger partial charge in [-0.25, -0.2) is 0 Å². The Bertz CT molecular complexity index is 298. The molecule has 0 aliphatic rings. The van der Waals surface area contributed by atoms with Gasteiger partial charge >= 0.3 is 5.25 Å². The number of carbonyl (C=O) groups excluding carboxylic acids is 1. The van der Waals surface area contributed by atoms with E-state index in [4.69, 9.17) is 0 Å². The van der Waals surface area contributed by atoms with E-state index in [0.717, 1.165) is 6.92 Å². The number of hydrogen-bond donors (Lipinski definition) is 0. The second-order valence-electron chi connectivity index (χ2n) is 2.49. The molecule has 70 valence electrons. The standard InChI is InChI=1S/C9H8F2OS/c1-7(12)9(10,11)13-8-5-3-2-4-6-8/h2-6H,1H3. The van der Waals surface area contributed by atoms with Gasteiger partial charge in [0.1, 0.15) is 0 Å². The number of carbonyl (C=O) groups is 1. The van der Waals surface area contributed by atoms with E-state index in [9.17, 15) is 13.6 Å². The second kappa shape index (κ2) is 3.87. The number of ketones is 1. The highest BCUT2D eigenvalue weighted by atomic mass is 32.2. The molecule has 0 unspecified atom stereocenters. The maximum atomic E-state index is 12.8. The molecule has 0 saturated carbocycles. The van der Waals surface area contributed by atoms with Gasteiger partial charge in [0.15, 0.2) is 0 Å². The van der Waals surface area contributed by atoms with Crippen LogP contribution >= 0.6 is 11.8 Å². The third-order valence-corrected chi connectivity index (χ3v) is 2.45. The number of halogens is 2. The summed E-state index contributed by atoms with van der Waals surface area (Å²) in [4.78, 5) is 10.9. The molecule has 0 aliphatic heterocycles. The normalized spacial score (nSPS) is 11.3. The Hall–Kier alpha value is -0.900. The van der Waals surface area contributed by atoms with Gasteiger partial charge in [0, 0.05) is 11.8 Å². The molecule has 0 aromatic heterocycles. The van der Waals surface area contributed by atoms with Crippen molar-refractivity contribution in [2.75, 3.05) is 0 Å². The third kappa shape index (κ3) is 2.81. The Morgan fingerprint density at radius 1 is 1.31 bits per heavy atom. The van der Waals surface area contributed by atoms with Gasteiger partial charge in [-0.05, 0) is 23.9 Å². The van der Waals surface area contributed by atoms with Gasteiger partial charge in [-0.15, -0.1) is 0 Å². The van der Waals surface area contributed by atoms with Crippen molar-refractivity contribution < 1.29 is 13.6 Å². The summed E-state index contributed by atoms with van der Waals surface area (Å²) in [5.41, 5.74) is 0. The molecule has 0 N–H and O–H groups in total. The monoisotopic (exact) mass is 202 g/mol. The zero-order chi connectivity index (χ0) is 9.90. The summed E-state index contributed by atoms with van der Waals surface area (Å²) in [7, 11) is 0. The van der Waals surface area contributed by atoms with Crippen LogP contribution in [0.3, 0.4) is 0 Å². The van der Waals surface area contributed by atoms with Crippen LogP contribution in [0.5, 0.6) is 0 Å². The molecule has 0 heterocycles. The van der Waals surface area contributed by atoms with Gasteiger partial charge in [0.2, 0.25) is 5.78 Å². The van der Waals surface area contributed by atoms with Crippen LogP contribution in [-0.4, -0.2) is 11.0 Å². The van der Waals surface area contributed by atoms with Crippen molar-refractivity contribution in [3.63, 3.8) is 0 Å². The predicted octanol–water partition coefficient (Wildman–Crippen LogP) is 2.96. The van der Waals surface area contributed by atoms with Crippen molar-refractivity contribution in [1.82, 2.24) is 0 Å². The first-order chi connectivity index (χ1) is 6.02. The van der Waals surface area contributed by atoms with Crippen LogP contribution in [0.25, 0.3) is 0 Å². The zero-order valence-corrected chi connectivity index (χ0v) is 7.78. The molecular formula is C9H8F2OS. The van der Waals surface area contributed by atoms with Gasteiger partial charge in [-0.1, -0.05) is 18.2 Å². The first-order valence-electron chi connectivity index (χ1n) is 3.65. The highest BCUT2D eigenvalue weighted by Crippen LogP contribution is 2.35. The van der Waals surface area contributed by atoms with E-state index in [-0.39, 0.29) is 11.8 Å². The first-order valence-corrected chi connectivity index (χ1v) is 4.47. The van der Waals surface area contributed by atoms with Crippen molar-refractivity contribution in [2.45, 2.75) is 17.1 Å². The van der Waals surface area contributed by atoms with Crippen molar-refractivity contribution in [3.05, 3.63) is 30.3 Å². The Morgan fingerprint density at radius 3 is 2.31 bits per heavy atom. The Labute approximate surface area is 79.1 Å². The fourth-order valence-electron chi connectivity index (χ4n) is 0.708. The minimum Gasteiger partial charge on any atom is -0.292 e. The van der Waals surface area contributed by atoms with Crippen LogP contribution in [0.2, 0.25) is 0 Å². The first kappa shape index (κ1) is 10.2. The fraction of sp³-hybridized carbons (Fsp3) is 0.222. The van der Waals surface area contributed by atoms with Crippen molar-refractivity contribution in [3.8, 4) is 0 Å². The minimum atomic E-state index is -3.32. The molecule has 1 aromatic carbocycles. The summed E-state index contributed by atoms with van der Waals surface area (Å²) in [6.07, 6.45) is 0. The minimum absolute atomic E-state index is 0.271. The van der Waals surface area contributed by atoms with Gasteiger partial charge in [0.25, 0.3) is 0 Å². The summed E-state index contributed by atoms with van der Waals surface area (Å²) in [6, 6.07) is 8.12. The van der Waals surface area contributed by atoms with E-state index >= 15 is 0 Å². The fourth-order valence-corrected chi connectivity index (χ4v) is 1.44. The lowest BCUT2D eigenvalue weighted by atomic mass is 10.4. The highest BCUT2D eigenvalue weighted by molar-refractivity contribution is 8.01. The van der Waals surface area contributed by atoms with Gasteiger partial charge in [-0.3, -0.25) is 4.79 Å². The Kier molecular flexibility index (Phi) is 3.03. The Morgan fingerprint density at radius 2 is 1.85 bits per heavy atom. The molecule has 4 heteroatoms. The largest absolute Gasteiger partial charge is 0.355 e. The molecule has 0 aliphatic carbocycles. The van der Waals surface area contributed by atoms with E-state index < -0.39 is 11.0 Å². The number of alkyl halides is 2. The molecule has 1 rings (SSSR count). The zero-order valence-electron chi connectivity index (χ0n) is 6.96. The smallest absolute Gasteiger partial charge is 0.292 e. The SMILES string of the molecule is CC(=O)C(F)(F)Sc1ccccc1. The molecule has 0 fully saturated rings. The molecule has 0 saturated heterocycles. The van der Waals surface area contributed by atoms with Gasteiger partial charge < -0.3 is 0 Å². The summed E-state index contributed by atoms with van der Waals surface area (Å²) < 4.78 is 25.7. The molecule has 0 radical (unpaired) electrons. The Balaban J connectivity index is 2.75. The lowest BCUT2D eigenvalue weighted by Gasteiger charge is -2.11. The van der Waals surface area contributed by atoms with E-state index in [1.54, 1.807) is 30.3 Å². The van der Waals surface area contributed by atoms with Crippen LogP contribution in [-0.2, 0) is 4.79 Å². The lowest BCUT2D eigenvalue weighted by molar-refractivity contribution is -0.130. The van der Waals surface area contributed by atoms with E-state index in [0.29, 0.717) is 4.90 Å². The summed E-state index contributed by atoms with van der Waals surface area (Å²) in [5, 5.41) is -3.32. The molecule has 1 aromatic rings. The van der Waals surface area contributed by atoms with E-state index in [1.807, 2.05) is 0 Å². The lowest BCUT2D eigenvalue weighted by Crippen LogP contribution is -2.20. The molecule has 0 spiro atoms. The maximum absolute atomic E-state index is 12.8. The average molecular weight is 202 g/mol.